The van der Waals surface area contributed by atoms with Gasteiger partial charge in [-0.3, -0.25) is 4.79 Å². The van der Waals surface area contributed by atoms with Crippen LogP contribution in [0, 0.1) is 17.8 Å². The van der Waals surface area contributed by atoms with Gasteiger partial charge in [0.15, 0.2) is 0 Å². The molecule has 3 atom stereocenters. The second-order valence-corrected chi connectivity index (χ2v) is 6.36. The number of rotatable bonds is 5. The molecule has 0 radical (unpaired) electrons. The van der Waals surface area contributed by atoms with Crippen molar-refractivity contribution < 1.29 is 9.53 Å². The van der Waals surface area contributed by atoms with Gasteiger partial charge in [0.2, 0.25) is 0 Å². The molecule has 1 N–H and O–H groups in total. The van der Waals surface area contributed by atoms with E-state index >= 15 is 0 Å². The lowest BCUT2D eigenvalue weighted by atomic mass is 9.99. The maximum atomic E-state index is 12.3. The van der Waals surface area contributed by atoms with Crippen LogP contribution in [0.25, 0.3) is 0 Å². The Hall–Kier alpha value is -2.29. The first-order valence-electron chi connectivity index (χ1n) is 8.60. The van der Waals surface area contributed by atoms with Crippen LogP contribution in [0.15, 0.2) is 72.1 Å². The molecule has 1 amide bonds. The van der Waals surface area contributed by atoms with Crippen LogP contribution in [0.3, 0.4) is 0 Å². The number of hydrogen-bond donors (Lipinski definition) is 1. The number of hydrogen-bond acceptors (Lipinski definition) is 2. The molecule has 0 bridgehead atoms. The molecule has 3 unspecified atom stereocenters. The van der Waals surface area contributed by atoms with Crippen molar-refractivity contribution in [3.05, 3.63) is 72.1 Å². The Morgan fingerprint density at radius 1 is 1.00 bits per heavy atom. The van der Waals surface area contributed by atoms with E-state index in [1.54, 1.807) is 0 Å². The predicted molar refractivity (Wildman–Crippen MR) is 99.2 cm³/mol. The van der Waals surface area contributed by atoms with E-state index in [1.807, 2.05) is 36.5 Å². The fraction of sp³-hybridized carbons (Fsp3) is 0.381. The molecule has 0 aromatic rings. The smallest absolute Gasteiger partial charge is 0.251 e. The maximum absolute atomic E-state index is 12.3. The number of amides is 1. The van der Waals surface area contributed by atoms with Gasteiger partial charge in [-0.2, -0.15) is 0 Å². The minimum Gasteiger partial charge on any atom is -0.492 e. The Bertz CT molecular complexity index is 620. The summed E-state index contributed by atoms with van der Waals surface area (Å²) in [7, 11) is 0. The summed E-state index contributed by atoms with van der Waals surface area (Å²) < 4.78 is 5.69. The monoisotopic (exact) mass is 325 g/mol. The molecular weight excluding hydrogens is 298 g/mol. The molecule has 0 aliphatic heterocycles. The molecule has 0 aromatic carbocycles. The number of nitrogens with one attached hydrogen (secondary N) is 1. The average Bonchev–Trinajstić information content (AvgIpc) is 2.76. The molecule has 0 aromatic heterocycles. The lowest BCUT2D eigenvalue weighted by Crippen LogP contribution is -2.28. The Morgan fingerprint density at radius 3 is 2.54 bits per heavy atom. The second-order valence-electron chi connectivity index (χ2n) is 6.36. The molecule has 2 aliphatic carbocycles. The van der Waals surface area contributed by atoms with Gasteiger partial charge in [0, 0.05) is 5.57 Å². The highest BCUT2D eigenvalue weighted by atomic mass is 16.5. The second kappa shape index (κ2) is 9.11. The van der Waals surface area contributed by atoms with Gasteiger partial charge < -0.3 is 10.1 Å². The summed E-state index contributed by atoms with van der Waals surface area (Å²) >= 11 is 0. The fourth-order valence-corrected chi connectivity index (χ4v) is 2.44. The lowest BCUT2D eigenvalue weighted by molar-refractivity contribution is -0.117. The molecule has 0 saturated heterocycles. The molecule has 24 heavy (non-hydrogen) atoms. The third kappa shape index (κ3) is 6.07. The molecular formula is C21H27NO2. The van der Waals surface area contributed by atoms with Gasteiger partial charge in [0.1, 0.15) is 12.4 Å². The van der Waals surface area contributed by atoms with Crippen LogP contribution in [-0.4, -0.2) is 19.1 Å². The van der Waals surface area contributed by atoms with E-state index in [0.29, 0.717) is 30.6 Å². The zero-order chi connectivity index (χ0) is 17.4. The molecule has 2 rings (SSSR count). The van der Waals surface area contributed by atoms with Crippen molar-refractivity contribution in [2.24, 2.45) is 17.8 Å². The first-order chi connectivity index (χ1) is 11.5. The van der Waals surface area contributed by atoms with Crippen molar-refractivity contribution in [3.8, 4) is 0 Å². The van der Waals surface area contributed by atoms with Gasteiger partial charge in [-0.05, 0) is 29.9 Å². The summed E-state index contributed by atoms with van der Waals surface area (Å²) in [6, 6.07) is 0. The number of allylic oxidation sites excluding steroid dienone is 9. The highest BCUT2D eigenvalue weighted by Gasteiger charge is 2.09. The normalized spacial score (nSPS) is 27.4. The topological polar surface area (TPSA) is 38.3 Å². The third-order valence-electron chi connectivity index (χ3n) is 3.90. The van der Waals surface area contributed by atoms with E-state index in [9.17, 15) is 4.79 Å². The van der Waals surface area contributed by atoms with Gasteiger partial charge in [0.05, 0.1) is 6.54 Å². The van der Waals surface area contributed by atoms with Crippen molar-refractivity contribution in [1.82, 2.24) is 5.32 Å². The Balaban J connectivity index is 1.81. The molecule has 3 nitrogen and oxygen atoms in total. The Morgan fingerprint density at radius 2 is 1.71 bits per heavy atom. The van der Waals surface area contributed by atoms with E-state index < -0.39 is 0 Å². The summed E-state index contributed by atoms with van der Waals surface area (Å²) in [5.74, 6) is 1.78. The highest BCUT2D eigenvalue weighted by Crippen LogP contribution is 2.14. The van der Waals surface area contributed by atoms with E-state index in [2.05, 4.69) is 50.4 Å². The van der Waals surface area contributed by atoms with Crippen molar-refractivity contribution in [1.29, 1.82) is 0 Å². The van der Waals surface area contributed by atoms with Crippen LogP contribution in [-0.2, 0) is 9.53 Å². The van der Waals surface area contributed by atoms with Crippen LogP contribution < -0.4 is 5.32 Å². The zero-order valence-corrected chi connectivity index (χ0v) is 14.7. The van der Waals surface area contributed by atoms with E-state index in [4.69, 9.17) is 4.74 Å². The van der Waals surface area contributed by atoms with Crippen LogP contribution in [0.5, 0.6) is 0 Å². The minimum atomic E-state index is -0.0527. The van der Waals surface area contributed by atoms with Crippen LogP contribution in [0.2, 0.25) is 0 Å². The van der Waals surface area contributed by atoms with Crippen molar-refractivity contribution >= 4 is 5.91 Å². The van der Waals surface area contributed by atoms with Crippen LogP contribution >= 0.6 is 0 Å². The molecule has 128 valence electrons. The first kappa shape index (κ1) is 18.1. The van der Waals surface area contributed by atoms with Gasteiger partial charge >= 0.3 is 0 Å². The number of carbonyl (C=O) groups excluding carboxylic acids is 1. The fourth-order valence-electron chi connectivity index (χ4n) is 2.44. The van der Waals surface area contributed by atoms with E-state index in [1.165, 1.54) is 0 Å². The molecule has 0 saturated carbocycles. The summed E-state index contributed by atoms with van der Waals surface area (Å²) in [5.41, 5.74) is 0.712. The van der Waals surface area contributed by atoms with E-state index in [0.717, 1.165) is 5.76 Å². The number of ether oxygens (including phenoxy) is 1. The van der Waals surface area contributed by atoms with Gasteiger partial charge in [-0.25, -0.2) is 0 Å². The molecule has 3 heteroatoms. The molecule has 2 aliphatic rings. The standard InChI is InChI=1S/C21H27NO2/c1-16-5-4-6-20(12-10-16)24-14-13-22-21(23)19-11-9-17(2)7-8-18(3)15-19/h4-12,15-18H,13-14H2,1-3H3,(H,22,23)/b8-7-,11-9?,19-15?. The van der Waals surface area contributed by atoms with Crippen LogP contribution in [0.1, 0.15) is 20.8 Å². The third-order valence-corrected chi connectivity index (χ3v) is 3.90. The van der Waals surface area contributed by atoms with Gasteiger partial charge in [-0.1, -0.05) is 69.4 Å². The summed E-state index contributed by atoms with van der Waals surface area (Å²) in [6.45, 7) is 7.24. The zero-order valence-electron chi connectivity index (χ0n) is 14.7. The number of carbonyl (C=O) groups is 1. The lowest BCUT2D eigenvalue weighted by Gasteiger charge is -2.12. The first-order valence-corrected chi connectivity index (χ1v) is 8.60. The molecule has 0 heterocycles. The maximum Gasteiger partial charge on any atom is 0.251 e. The summed E-state index contributed by atoms with van der Waals surface area (Å²) in [4.78, 5) is 12.3. The Labute approximate surface area is 145 Å². The molecule has 0 fully saturated rings. The van der Waals surface area contributed by atoms with Crippen LogP contribution in [0.4, 0.5) is 0 Å². The average molecular weight is 325 g/mol. The quantitative estimate of drug-likeness (QED) is 0.611. The molecule has 0 spiro atoms. The summed E-state index contributed by atoms with van der Waals surface area (Å²) in [5, 5.41) is 2.92. The Kier molecular flexibility index (Phi) is 6.86. The SMILES string of the molecule is CC1C=CC=C(OCCNC(=O)C2=CC(C)/C=C\C(C)C=C2)C=C1. The minimum absolute atomic E-state index is 0.0527. The van der Waals surface area contributed by atoms with E-state index in [-0.39, 0.29) is 11.8 Å². The highest BCUT2D eigenvalue weighted by molar-refractivity contribution is 5.96. The van der Waals surface area contributed by atoms with Crippen molar-refractivity contribution in [2.45, 2.75) is 20.8 Å². The predicted octanol–water partition coefficient (Wildman–Crippen LogP) is 4.09. The largest absolute Gasteiger partial charge is 0.492 e. The van der Waals surface area contributed by atoms with Gasteiger partial charge in [-0.15, -0.1) is 0 Å². The van der Waals surface area contributed by atoms with Gasteiger partial charge in [0.25, 0.3) is 5.91 Å². The van der Waals surface area contributed by atoms with Crippen molar-refractivity contribution in [3.63, 3.8) is 0 Å². The summed E-state index contributed by atoms with van der Waals surface area (Å²) in [6.07, 6.45) is 20.3. The van der Waals surface area contributed by atoms with Crippen molar-refractivity contribution in [2.75, 3.05) is 13.2 Å².